The Morgan fingerprint density at radius 3 is 2.38 bits per heavy atom. The lowest BCUT2D eigenvalue weighted by molar-refractivity contribution is -0.185. The highest BCUT2D eigenvalue weighted by Gasteiger charge is 2.60. The fraction of sp³-hybridized carbons (Fsp3) is 0.778. The van der Waals surface area contributed by atoms with E-state index in [0.717, 1.165) is 19.3 Å². The highest BCUT2D eigenvalue weighted by atomic mass is 16.4. The zero-order valence-corrected chi connectivity index (χ0v) is 7.62. The summed E-state index contributed by atoms with van der Waals surface area (Å²) in [6.07, 6.45) is 2.78. The number of carboxylic acids is 1. The number of hydrogen-bond donors (Lipinski definition) is 1. The SMILES string of the molecule is CC(=O)N1CC(C(=O)O)C12CCC2. The van der Waals surface area contributed by atoms with E-state index >= 15 is 0 Å². The molecule has 0 bridgehead atoms. The topological polar surface area (TPSA) is 57.6 Å². The molecule has 1 aliphatic carbocycles. The molecule has 1 spiro atoms. The van der Waals surface area contributed by atoms with E-state index in [9.17, 15) is 9.59 Å². The second-order valence-corrected chi connectivity index (χ2v) is 3.98. The second kappa shape index (κ2) is 2.47. The average molecular weight is 183 g/mol. The summed E-state index contributed by atoms with van der Waals surface area (Å²) in [5.41, 5.74) is -0.294. The van der Waals surface area contributed by atoms with Crippen LogP contribution in [0.2, 0.25) is 0 Å². The molecule has 2 fully saturated rings. The van der Waals surface area contributed by atoms with E-state index in [1.165, 1.54) is 6.92 Å². The lowest BCUT2D eigenvalue weighted by Gasteiger charge is -2.61. The first-order chi connectivity index (χ1) is 6.08. The van der Waals surface area contributed by atoms with Crippen LogP contribution in [-0.4, -0.2) is 34.0 Å². The van der Waals surface area contributed by atoms with E-state index in [1.54, 1.807) is 4.90 Å². The summed E-state index contributed by atoms with van der Waals surface area (Å²) in [6, 6.07) is 0. The number of carboxylic acid groups (broad SMARTS) is 1. The minimum absolute atomic E-state index is 0.0113. The molecular formula is C9H13NO3. The number of carbonyl (C=O) groups excluding carboxylic acids is 1. The van der Waals surface area contributed by atoms with Gasteiger partial charge in [0.2, 0.25) is 5.91 Å². The monoisotopic (exact) mass is 183 g/mol. The standard InChI is InChI=1S/C9H13NO3/c1-6(11)10-5-7(8(12)13)9(10)3-2-4-9/h7H,2-5H2,1H3,(H,12,13). The smallest absolute Gasteiger partial charge is 0.310 e. The van der Waals surface area contributed by atoms with Crippen LogP contribution in [0, 0.1) is 5.92 Å². The van der Waals surface area contributed by atoms with Gasteiger partial charge in [-0.3, -0.25) is 9.59 Å². The maximum atomic E-state index is 11.1. The van der Waals surface area contributed by atoms with E-state index in [4.69, 9.17) is 5.11 Å². The van der Waals surface area contributed by atoms with Crippen LogP contribution in [0.3, 0.4) is 0 Å². The van der Waals surface area contributed by atoms with Gasteiger partial charge >= 0.3 is 5.97 Å². The predicted octanol–water partition coefficient (Wildman–Crippen LogP) is 0.472. The Kier molecular flexibility index (Phi) is 1.62. The van der Waals surface area contributed by atoms with Gasteiger partial charge in [0.05, 0.1) is 11.5 Å². The summed E-state index contributed by atoms with van der Waals surface area (Å²) in [6.45, 7) is 1.92. The van der Waals surface area contributed by atoms with Crippen molar-refractivity contribution in [2.24, 2.45) is 5.92 Å². The van der Waals surface area contributed by atoms with Crippen LogP contribution in [0.25, 0.3) is 0 Å². The van der Waals surface area contributed by atoms with Crippen molar-refractivity contribution < 1.29 is 14.7 Å². The second-order valence-electron chi connectivity index (χ2n) is 3.98. The van der Waals surface area contributed by atoms with Crippen molar-refractivity contribution in [1.29, 1.82) is 0 Å². The Labute approximate surface area is 76.5 Å². The first kappa shape index (κ1) is 8.53. The maximum Gasteiger partial charge on any atom is 0.310 e. The van der Waals surface area contributed by atoms with Crippen LogP contribution in [0.5, 0.6) is 0 Å². The third kappa shape index (κ3) is 0.913. The van der Waals surface area contributed by atoms with Gasteiger partial charge in [0.25, 0.3) is 0 Å². The minimum Gasteiger partial charge on any atom is -0.481 e. The first-order valence-corrected chi connectivity index (χ1v) is 4.59. The summed E-state index contributed by atoms with van der Waals surface area (Å²) in [7, 11) is 0. The van der Waals surface area contributed by atoms with Crippen LogP contribution in [0.1, 0.15) is 26.2 Å². The van der Waals surface area contributed by atoms with E-state index in [0.29, 0.717) is 6.54 Å². The molecule has 4 nitrogen and oxygen atoms in total. The molecule has 1 amide bonds. The van der Waals surface area contributed by atoms with Crippen molar-refractivity contribution in [1.82, 2.24) is 4.90 Å². The zero-order valence-electron chi connectivity index (χ0n) is 7.62. The van der Waals surface area contributed by atoms with Crippen molar-refractivity contribution in [2.45, 2.75) is 31.7 Å². The summed E-state index contributed by atoms with van der Waals surface area (Å²) < 4.78 is 0. The van der Waals surface area contributed by atoms with Crippen LogP contribution in [0.4, 0.5) is 0 Å². The number of rotatable bonds is 1. The van der Waals surface area contributed by atoms with Crippen molar-refractivity contribution >= 4 is 11.9 Å². The lowest BCUT2D eigenvalue weighted by atomic mass is 9.61. The van der Waals surface area contributed by atoms with Crippen LogP contribution >= 0.6 is 0 Å². The molecule has 4 heteroatoms. The summed E-state index contributed by atoms with van der Waals surface area (Å²) in [4.78, 5) is 23.7. The number of aliphatic carboxylic acids is 1. The molecule has 2 rings (SSSR count). The number of likely N-dealkylation sites (tertiary alicyclic amines) is 1. The Morgan fingerprint density at radius 2 is 2.08 bits per heavy atom. The molecule has 1 saturated heterocycles. The van der Waals surface area contributed by atoms with Crippen molar-refractivity contribution in [3.63, 3.8) is 0 Å². The molecule has 1 atom stereocenters. The Bertz CT molecular complexity index is 248. The van der Waals surface area contributed by atoms with E-state index in [-0.39, 0.29) is 17.4 Å². The predicted molar refractivity (Wildman–Crippen MR) is 45.1 cm³/mol. The Hall–Kier alpha value is -1.06. The van der Waals surface area contributed by atoms with E-state index in [1.807, 2.05) is 0 Å². The molecule has 72 valence electrons. The van der Waals surface area contributed by atoms with E-state index < -0.39 is 5.97 Å². The molecule has 0 aromatic rings. The van der Waals surface area contributed by atoms with Gasteiger partial charge in [-0.2, -0.15) is 0 Å². The van der Waals surface area contributed by atoms with Gasteiger partial charge < -0.3 is 10.0 Å². The molecule has 1 aliphatic heterocycles. The Morgan fingerprint density at radius 1 is 1.46 bits per heavy atom. The molecule has 1 N–H and O–H groups in total. The maximum absolute atomic E-state index is 11.1. The molecule has 2 aliphatic rings. The minimum atomic E-state index is -0.753. The largest absolute Gasteiger partial charge is 0.481 e. The van der Waals surface area contributed by atoms with Gasteiger partial charge in [0, 0.05) is 13.5 Å². The van der Waals surface area contributed by atoms with Crippen LogP contribution in [0.15, 0.2) is 0 Å². The van der Waals surface area contributed by atoms with Crippen molar-refractivity contribution in [2.75, 3.05) is 6.54 Å². The highest BCUT2D eigenvalue weighted by Crippen LogP contribution is 2.51. The van der Waals surface area contributed by atoms with Gasteiger partial charge in [0.1, 0.15) is 0 Å². The zero-order chi connectivity index (χ0) is 9.64. The van der Waals surface area contributed by atoms with Gasteiger partial charge in [-0.1, -0.05) is 0 Å². The van der Waals surface area contributed by atoms with Gasteiger partial charge in [-0.15, -0.1) is 0 Å². The van der Waals surface area contributed by atoms with E-state index in [2.05, 4.69) is 0 Å². The number of nitrogens with zero attached hydrogens (tertiary/aromatic N) is 1. The van der Waals surface area contributed by atoms with Crippen LogP contribution < -0.4 is 0 Å². The lowest BCUT2D eigenvalue weighted by Crippen LogP contribution is -2.73. The summed E-state index contributed by atoms with van der Waals surface area (Å²) in [5.74, 6) is -1.06. The first-order valence-electron chi connectivity index (χ1n) is 4.59. The third-order valence-electron chi connectivity index (χ3n) is 3.45. The van der Waals surface area contributed by atoms with Gasteiger partial charge in [-0.25, -0.2) is 0 Å². The molecule has 0 radical (unpaired) electrons. The molecule has 1 saturated carbocycles. The number of carbonyl (C=O) groups is 2. The molecular weight excluding hydrogens is 170 g/mol. The normalized spacial score (nSPS) is 29.3. The quantitative estimate of drug-likeness (QED) is 0.643. The number of amides is 1. The fourth-order valence-electron chi connectivity index (χ4n) is 2.52. The molecule has 13 heavy (non-hydrogen) atoms. The van der Waals surface area contributed by atoms with Crippen molar-refractivity contribution in [3.05, 3.63) is 0 Å². The summed E-state index contributed by atoms with van der Waals surface area (Å²) >= 11 is 0. The average Bonchev–Trinajstić information content (AvgIpc) is 1.77. The fourth-order valence-corrected chi connectivity index (χ4v) is 2.52. The third-order valence-corrected chi connectivity index (χ3v) is 3.45. The molecule has 1 unspecified atom stereocenters. The molecule has 1 heterocycles. The number of hydrogen-bond acceptors (Lipinski definition) is 2. The van der Waals surface area contributed by atoms with Gasteiger partial charge in [0.15, 0.2) is 0 Å². The Balaban J connectivity index is 2.15. The van der Waals surface area contributed by atoms with Gasteiger partial charge in [-0.05, 0) is 19.3 Å². The van der Waals surface area contributed by atoms with Crippen molar-refractivity contribution in [3.8, 4) is 0 Å². The molecule has 0 aromatic heterocycles. The highest BCUT2D eigenvalue weighted by molar-refractivity contribution is 5.82. The van der Waals surface area contributed by atoms with Crippen LogP contribution in [-0.2, 0) is 9.59 Å². The summed E-state index contributed by atoms with van der Waals surface area (Å²) in [5, 5.41) is 8.90. The molecule has 0 aromatic carbocycles.